The van der Waals surface area contributed by atoms with Crippen molar-refractivity contribution in [2.45, 2.75) is 45.3 Å². The number of fused-ring (bicyclic) bond motifs is 1. The molecule has 0 radical (unpaired) electrons. The fraction of sp³-hybridized carbons (Fsp3) is 0.696. The third-order valence-corrected chi connectivity index (χ3v) is 5.70. The summed E-state index contributed by atoms with van der Waals surface area (Å²) >= 11 is 0. The monoisotopic (exact) mass is 435 g/mol. The molecule has 2 heterocycles. The van der Waals surface area contributed by atoms with Gasteiger partial charge in [0.2, 0.25) is 0 Å². The maximum absolute atomic E-state index is 13.1. The number of anilines is 1. The lowest BCUT2D eigenvalue weighted by molar-refractivity contribution is 0.0192. The molecule has 0 saturated carbocycles. The van der Waals surface area contributed by atoms with Crippen molar-refractivity contribution in [3.8, 4) is 11.5 Å². The molecule has 1 fully saturated rings. The normalized spacial score (nSPS) is 21.6. The summed E-state index contributed by atoms with van der Waals surface area (Å²) in [6.45, 7) is 8.81. The van der Waals surface area contributed by atoms with E-state index in [1.165, 1.54) is 0 Å². The van der Waals surface area contributed by atoms with Crippen LogP contribution in [-0.4, -0.2) is 81.2 Å². The molecular weight excluding hydrogens is 398 g/mol. The Bertz CT molecular complexity index is 727. The van der Waals surface area contributed by atoms with Gasteiger partial charge in [0.1, 0.15) is 0 Å². The number of carbonyl (C=O) groups excluding carboxylic acids is 1. The highest BCUT2D eigenvalue weighted by molar-refractivity contribution is 5.99. The number of aliphatic hydroxyl groups excluding tert-OH is 1. The van der Waals surface area contributed by atoms with Gasteiger partial charge in [0, 0.05) is 63.5 Å². The fourth-order valence-electron chi connectivity index (χ4n) is 4.10. The van der Waals surface area contributed by atoms with Crippen LogP contribution in [0.15, 0.2) is 12.1 Å². The van der Waals surface area contributed by atoms with Crippen molar-refractivity contribution in [2.75, 3.05) is 58.4 Å². The van der Waals surface area contributed by atoms with Crippen molar-refractivity contribution in [2.24, 2.45) is 5.92 Å². The van der Waals surface area contributed by atoms with Gasteiger partial charge in [-0.3, -0.25) is 4.79 Å². The molecule has 3 rings (SSSR count). The van der Waals surface area contributed by atoms with Crippen molar-refractivity contribution in [1.82, 2.24) is 10.2 Å². The van der Waals surface area contributed by atoms with Gasteiger partial charge in [-0.15, -0.1) is 0 Å². The number of hydrogen-bond acceptors (Lipinski definition) is 7. The van der Waals surface area contributed by atoms with Crippen molar-refractivity contribution < 1.29 is 24.1 Å². The summed E-state index contributed by atoms with van der Waals surface area (Å²) in [4.78, 5) is 15.3. The van der Waals surface area contributed by atoms with E-state index in [4.69, 9.17) is 14.2 Å². The van der Waals surface area contributed by atoms with Gasteiger partial charge in [0.05, 0.1) is 24.9 Å². The highest BCUT2D eigenvalue weighted by Gasteiger charge is 2.29. The van der Waals surface area contributed by atoms with Gasteiger partial charge in [-0.05, 0) is 39.3 Å². The second-order valence-corrected chi connectivity index (χ2v) is 8.67. The average Bonchev–Trinajstić information content (AvgIpc) is 2.97. The van der Waals surface area contributed by atoms with Crippen LogP contribution < -0.4 is 20.1 Å². The number of aliphatic hydroxyl groups is 1. The number of methoxy groups -OCH3 is 1. The first-order chi connectivity index (χ1) is 15.0. The zero-order chi connectivity index (χ0) is 22.2. The van der Waals surface area contributed by atoms with E-state index < -0.39 is 6.10 Å². The Labute approximate surface area is 185 Å². The minimum Gasteiger partial charge on any atom is -0.489 e. The van der Waals surface area contributed by atoms with Crippen molar-refractivity contribution in [1.29, 1.82) is 0 Å². The highest BCUT2D eigenvalue weighted by Crippen LogP contribution is 2.37. The fourth-order valence-corrected chi connectivity index (χ4v) is 4.10. The number of β-amino-alcohol motifs (C(OH)–C–C–N with tert-alkyl or cyclic N) is 1. The van der Waals surface area contributed by atoms with E-state index in [2.05, 4.69) is 15.5 Å². The van der Waals surface area contributed by atoms with Gasteiger partial charge in [-0.1, -0.05) is 0 Å². The molecule has 0 unspecified atom stereocenters. The molecule has 3 N–H and O–H groups in total. The smallest absolute Gasteiger partial charge is 0.255 e. The van der Waals surface area contributed by atoms with Gasteiger partial charge < -0.3 is 34.9 Å². The van der Waals surface area contributed by atoms with Crippen molar-refractivity contribution >= 4 is 11.6 Å². The van der Waals surface area contributed by atoms with E-state index in [-0.39, 0.29) is 17.9 Å². The first kappa shape index (κ1) is 23.6. The number of nitrogens with one attached hydrogen (secondary N) is 2. The Balaban J connectivity index is 1.62. The SMILES string of the molecule is COCCCN1CC[C@@H](CNC(=O)c2cc(NC(C)C)cc3c2OCCCO3)[C@H](O)C1. The van der Waals surface area contributed by atoms with Gasteiger partial charge in [-0.25, -0.2) is 0 Å². The van der Waals surface area contributed by atoms with Crippen LogP contribution in [0.5, 0.6) is 11.5 Å². The van der Waals surface area contributed by atoms with Crippen LogP contribution in [0.2, 0.25) is 0 Å². The molecule has 8 nitrogen and oxygen atoms in total. The lowest BCUT2D eigenvalue weighted by Gasteiger charge is -2.36. The molecule has 1 aromatic rings. The Morgan fingerprint density at radius 3 is 2.87 bits per heavy atom. The summed E-state index contributed by atoms with van der Waals surface area (Å²) in [6.07, 6.45) is 2.12. The Morgan fingerprint density at radius 1 is 1.32 bits per heavy atom. The van der Waals surface area contributed by atoms with Crippen LogP contribution in [-0.2, 0) is 4.74 Å². The first-order valence-electron chi connectivity index (χ1n) is 11.4. The number of ether oxygens (including phenoxy) is 3. The first-order valence-corrected chi connectivity index (χ1v) is 11.4. The standard InChI is InChI=1S/C23H37N3O5/c1-16(2)25-18-12-19(22-21(13-18)30-10-5-11-31-22)23(28)24-14-17-6-8-26(15-20(17)27)7-4-9-29-3/h12-13,16-17,20,25,27H,4-11,14-15H2,1-3H3,(H,24,28)/t17-,20+/m0/s1. The summed E-state index contributed by atoms with van der Waals surface area (Å²) in [5.74, 6) is 0.926. The van der Waals surface area contributed by atoms with Gasteiger partial charge in [-0.2, -0.15) is 0 Å². The molecule has 31 heavy (non-hydrogen) atoms. The Kier molecular flexibility index (Phi) is 8.80. The summed E-state index contributed by atoms with van der Waals surface area (Å²) in [5.41, 5.74) is 1.29. The number of benzene rings is 1. The molecule has 2 aliphatic heterocycles. The molecule has 0 aliphatic carbocycles. The van der Waals surface area contributed by atoms with Gasteiger partial charge >= 0.3 is 0 Å². The number of likely N-dealkylation sites (tertiary alicyclic amines) is 1. The number of rotatable bonds is 9. The molecule has 1 aromatic carbocycles. The number of nitrogens with zero attached hydrogens (tertiary/aromatic N) is 1. The molecule has 0 aromatic heterocycles. The van der Waals surface area contributed by atoms with E-state index in [9.17, 15) is 9.90 Å². The molecule has 2 atom stereocenters. The molecule has 2 aliphatic rings. The predicted octanol–water partition coefficient (Wildman–Crippen LogP) is 2.12. The van der Waals surface area contributed by atoms with E-state index in [0.717, 1.165) is 44.6 Å². The van der Waals surface area contributed by atoms with Crippen LogP contribution in [0.3, 0.4) is 0 Å². The quantitative estimate of drug-likeness (QED) is 0.512. The van der Waals surface area contributed by atoms with E-state index >= 15 is 0 Å². The topological polar surface area (TPSA) is 92.3 Å². The van der Waals surface area contributed by atoms with Gasteiger partial charge in [0.25, 0.3) is 5.91 Å². The minimum atomic E-state index is -0.456. The van der Waals surface area contributed by atoms with E-state index in [0.29, 0.717) is 43.4 Å². The Hall–Kier alpha value is -2.03. The van der Waals surface area contributed by atoms with Crippen LogP contribution in [0, 0.1) is 5.92 Å². The number of hydrogen-bond donors (Lipinski definition) is 3. The average molecular weight is 436 g/mol. The second kappa shape index (κ2) is 11.5. The third kappa shape index (κ3) is 6.72. The maximum atomic E-state index is 13.1. The number of amides is 1. The summed E-state index contributed by atoms with van der Waals surface area (Å²) in [5, 5.41) is 16.9. The van der Waals surface area contributed by atoms with Crippen molar-refractivity contribution in [3.63, 3.8) is 0 Å². The van der Waals surface area contributed by atoms with E-state index in [1.54, 1.807) is 7.11 Å². The highest BCUT2D eigenvalue weighted by atomic mass is 16.5. The summed E-state index contributed by atoms with van der Waals surface area (Å²) in [7, 11) is 1.70. The largest absolute Gasteiger partial charge is 0.489 e. The molecular formula is C23H37N3O5. The maximum Gasteiger partial charge on any atom is 0.255 e. The zero-order valence-corrected chi connectivity index (χ0v) is 19.0. The van der Waals surface area contributed by atoms with Crippen LogP contribution in [0.4, 0.5) is 5.69 Å². The zero-order valence-electron chi connectivity index (χ0n) is 19.0. The molecule has 8 heteroatoms. The van der Waals surface area contributed by atoms with E-state index in [1.807, 2.05) is 26.0 Å². The van der Waals surface area contributed by atoms with Crippen LogP contribution in [0.25, 0.3) is 0 Å². The second-order valence-electron chi connectivity index (χ2n) is 8.67. The van der Waals surface area contributed by atoms with Crippen LogP contribution in [0.1, 0.15) is 43.5 Å². The summed E-state index contributed by atoms with van der Waals surface area (Å²) < 4.78 is 16.8. The van der Waals surface area contributed by atoms with Gasteiger partial charge in [0.15, 0.2) is 11.5 Å². The molecule has 1 amide bonds. The third-order valence-electron chi connectivity index (χ3n) is 5.70. The lowest BCUT2D eigenvalue weighted by Crippen LogP contribution is -2.48. The molecule has 0 bridgehead atoms. The Morgan fingerprint density at radius 2 is 2.13 bits per heavy atom. The molecule has 1 saturated heterocycles. The van der Waals surface area contributed by atoms with Crippen LogP contribution >= 0.6 is 0 Å². The summed E-state index contributed by atoms with van der Waals surface area (Å²) in [6, 6.07) is 3.93. The minimum absolute atomic E-state index is 0.0374. The lowest BCUT2D eigenvalue weighted by atomic mass is 9.93. The van der Waals surface area contributed by atoms with Crippen molar-refractivity contribution in [3.05, 3.63) is 17.7 Å². The molecule has 174 valence electrons. The molecule has 0 spiro atoms. The number of carbonyl (C=O) groups is 1. The predicted molar refractivity (Wildman–Crippen MR) is 120 cm³/mol. The number of piperidine rings is 1.